The number of rotatable bonds is 1. The fourth-order valence-electron chi connectivity index (χ4n) is 3.77. The van der Waals surface area contributed by atoms with E-state index in [1.165, 1.54) is 7.11 Å². The van der Waals surface area contributed by atoms with Crippen molar-refractivity contribution in [3.63, 3.8) is 0 Å². The lowest BCUT2D eigenvalue weighted by atomic mass is 9.57. The number of phenolic OH excluding ortho intramolecular Hbond substituents is 1. The molecule has 0 unspecified atom stereocenters. The van der Waals surface area contributed by atoms with Crippen LogP contribution in [0.3, 0.4) is 0 Å². The molecule has 0 saturated heterocycles. The lowest BCUT2D eigenvalue weighted by Crippen LogP contribution is -2.43. The molecule has 0 amide bonds. The maximum atomic E-state index is 12.7. The van der Waals surface area contributed by atoms with Gasteiger partial charge in [0, 0.05) is 22.0 Å². The summed E-state index contributed by atoms with van der Waals surface area (Å²) in [6.45, 7) is 7.33. The van der Waals surface area contributed by atoms with Crippen LogP contribution in [0.25, 0.3) is 0 Å². The maximum Gasteiger partial charge on any atom is 0.186 e. The molecular weight excluding hydrogens is 292 g/mol. The summed E-state index contributed by atoms with van der Waals surface area (Å²) in [5, 5.41) is 10.4. The Bertz CT molecular complexity index is 811. The summed E-state index contributed by atoms with van der Waals surface area (Å²) in [6.07, 6.45) is 4.93. The average Bonchev–Trinajstić information content (AvgIpc) is 2.49. The van der Waals surface area contributed by atoms with Gasteiger partial charge < -0.3 is 9.84 Å². The molecule has 0 spiro atoms. The molecule has 23 heavy (non-hydrogen) atoms. The average molecular weight is 312 g/mol. The van der Waals surface area contributed by atoms with E-state index in [1.54, 1.807) is 31.2 Å². The zero-order valence-corrected chi connectivity index (χ0v) is 14.0. The predicted molar refractivity (Wildman–Crippen MR) is 87.1 cm³/mol. The Labute approximate surface area is 135 Å². The Morgan fingerprint density at radius 3 is 2.43 bits per heavy atom. The summed E-state index contributed by atoms with van der Waals surface area (Å²) < 4.78 is 5.43. The summed E-state index contributed by atoms with van der Waals surface area (Å²) >= 11 is 0. The lowest BCUT2D eigenvalue weighted by Gasteiger charge is -2.44. The van der Waals surface area contributed by atoms with E-state index in [1.807, 2.05) is 20.8 Å². The number of aromatic hydroxyl groups is 1. The number of allylic oxidation sites excluding steroid dienone is 4. The van der Waals surface area contributed by atoms with Crippen molar-refractivity contribution in [3.05, 3.63) is 46.6 Å². The second-order valence-electron chi connectivity index (χ2n) is 6.95. The van der Waals surface area contributed by atoms with Gasteiger partial charge in [0.1, 0.15) is 0 Å². The van der Waals surface area contributed by atoms with Crippen LogP contribution >= 0.6 is 0 Å². The molecule has 3 rings (SSSR count). The minimum absolute atomic E-state index is 0.0321. The number of phenols is 1. The summed E-state index contributed by atoms with van der Waals surface area (Å²) in [5.41, 5.74) is 1.02. The van der Waals surface area contributed by atoms with Gasteiger partial charge in [0.15, 0.2) is 23.1 Å². The van der Waals surface area contributed by atoms with Crippen LogP contribution in [-0.4, -0.2) is 23.8 Å². The SMILES string of the molecule is COc1c(O)c(C)cc2c1[C@@]1(C)C=CC(=O)C(C)(C)C1=CC2=O. The predicted octanol–water partition coefficient (Wildman–Crippen LogP) is 3.25. The highest BCUT2D eigenvalue weighted by Gasteiger charge is 2.50. The van der Waals surface area contributed by atoms with Gasteiger partial charge in [-0.25, -0.2) is 0 Å². The molecule has 0 saturated carbocycles. The first-order chi connectivity index (χ1) is 10.6. The lowest BCUT2D eigenvalue weighted by molar-refractivity contribution is -0.121. The summed E-state index contributed by atoms with van der Waals surface area (Å²) in [5.74, 6) is 0.138. The number of methoxy groups -OCH3 is 1. The maximum absolute atomic E-state index is 12.7. The highest BCUT2D eigenvalue weighted by molar-refractivity contribution is 6.12. The third-order valence-corrected chi connectivity index (χ3v) is 5.13. The molecule has 2 aliphatic carbocycles. The third kappa shape index (κ3) is 1.84. The van der Waals surface area contributed by atoms with Crippen molar-refractivity contribution in [2.75, 3.05) is 7.11 Å². The van der Waals surface area contributed by atoms with Crippen LogP contribution in [0.2, 0.25) is 0 Å². The van der Waals surface area contributed by atoms with E-state index in [2.05, 4.69) is 0 Å². The Kier molecular flexibility index (Phi) is 3.09. The summed E-state index contributed by atoms with van der Waals surface area (Å²) in [7, 11) is 1.48. The normalized spacial score (nSPS) is 24.8. The molecule has 0 aromatic heterocycles. The van der Waals surface area contributed by atoms with E-state index < -0.39 is 10.8 Å². The fraction of sp³-hybridized carbons (Fsp3) is 0.368. The standard InChI is InChI=1S/C19H20O4/c1-10-8-11-12(20)9-13-18(2,3)14(21)6-7-19(13,4)15(11)17(23-5)16(10)22/h6-9,22H,1-5H3/t19-/m0/s1. The molecule has 0 radical (unpaired) electrons. The van der Waals surface area contributed by atoms with Gasteiger partial charge in [-0.3, -0.25) is 9.59 Å². The number of ketones is 2. The molecule has 1 atom stereocenters. The molecule has 1 aromatic rings. The van der Waals surface area contributed by atoms with Gasteiger partial charge in [-0.05, 0) is 57.0 Å². The van der Waals surface area contributed by atoms with Crippen molar-refractivity contribution in [1.82, 2.24) is 0 Å². The number of benzene rings is 1. The number of fused-ring (bicyclic) bond motifs is 3. The number of aryl methyl sites for hydroxylation is 1. The van der Waals surface area contributed by atoms with Crippen molar-refractivity contribution in [1.29, 1.82) is 0 Å². The second-order valence-corrected chi connectivity index (χ2v) is 6.95. The summed E-state index contributed by atoms with van der Waals surface area (Å²) in [4.78, 5) is 24.9. The first-order valence-electron chi connectivity index (χ1n) is 7.56. The van der Waals surface area contributed by atoms with Crippen molar-refractivity contribution >= 4 is 11.6 Å². The van der Waals surface area contributed by atoms with E-state index in [0.29, 0.717) is 22.4 Å². The molecule has 2 aliphatic rings. The Balaban J connectivity index is 2.44. The molecule has 0 heterocycles. The number of carbonyl (C=O) groups is 2. The molecule has 0 aliphatic heterocycles. The molecule has 4 nitrogen and oxygen atoms in total. The van der Waals surface area contributed by atoms with E-state index in [0.717, 1.165) is 5.57 Å². The van der Waals surface area contributed by atoms with Gasteiger partial charge in [0.25, 0.3) is 0 Å². The second kappa shape index (κ2) is 4.57. The third-order valence-electron chi connectivity index (χ3n) is 5.13. The van der Waals surface area contributed by atoms with Gasteiger partial charge in [-0.1, -0.05) is 6.08 Å². The molecular formula is C19H20O4. The van der Waals surface area contributed by atoms with Crippen LogP contribution in [-0.2, 0) is 10.2 Å². The Morgan fingerprint density at radius 2 is 1.83 bits per heavy atom. The zero-order valence-electron chi connectivity index (χ0n) is 14.0. The number of hydrogen-bond donors (Lipinski definition) is 1. The van der Waals surface area contributed by atoms with E-state index in [9.17, 15) is 14.7 Å². The van der Waals surface area contributed by atoms with Crippen LogP contribution in [0.5, 0.6) is 11.5 Å². The largest absolute Gasteiger partial charge is 0.504 e. The molecule has 0 bridgehead atoms. The molecule has 120 valence electrons. The van der Waals surface area contributed by atoms with Gasteiger partial charge in [0.2, 0.25) is 0 Å². The van der Waals surface area contributed by atoms with Crippen LogP contribution in [0.15, 0.2) is 29.9 Å². The minimum atomic E-state index is -0.775. The number of hydrogen-bond acceptors (Lipinski definition) is 4. The van der Waals surface area contributed by atoms with Gasteiger partial charge >= 0.3 is 0 Å². The van der Waals surface area contributed by atoms with Gasteiger partial charge in [-0.15, -0.1) is 0 Å². The van der Waals surface area contributed by atoms with Crippen LogP contribution < -0.4 is 4.74 Å². The van der Waals surface area contributed by atoms with Crippen molar-refractivity contribution in [2.24, 2.45) is 5.41 Å². The quantitative estimate of drug-likeness (QED) is 0.864. The van der Waals surface area contributed by atoms with Crippen molar-refractivity contribution in [3.8, 4) is 11.5 Å². The first-order valence-corrected chi connectivity index (χ1v) is 7.56. The zero-order chi connectivity index (χ0) is 17.2. The number of ether oxygens (including phenoxy) is 1. The van der Waals surface area contributed by atoms with Crippen molar-refractivity contribution < 1.29 is 19.4 Å². The van der Waals surface area contributed by atoms with Crippen LogP contribution in [0.4, 0.5) is 0 Å². The topological polar surface area (TPSA) is 63.6 Å². The van der Waals surface area contributed by atoms with E-state index >= 15 is 0 Å². The first kappa shape index (κ1) is 15.5. The molecule has 1 N–H and O–H groups in total. The van der Waals surface area contributed by atoms with Crippen LogP contribution in [0, 0.1) is 12.3 Å². The molecule has 0 fully saturated rings. The van der Waals surface area contributed by atoms with E-state index in [-0.39, 0.29) is 17.3 Å². The molecule has 4 heteroatoms. The summed E-state index contributed by atoms with van der Waals surface area (Å²) in [6, 6.07) is 1.69. The Morgan fingerprint density at radius 1 is 1.17 bits per heavy atom. The van der Waals surface area contributed by atoms with Crippen LogP contribution in [0.1, 0.15) is 42.3 Å². The number of carbonyl (C=O) groups excluding carboxylic acids is 2. The van der Waals surface area contributed by atoms with Gasteiger partial charge in [-0.2, -0.15) is 0 Å². The Hall–Kier alpha value is -2.36. The van der Waals surface area contributed by atoms with Crippen molar-refractivity contribution in [2.45, 2.75) is 33.1 Å². The van der Waals surface area contributed by atoms with Gasteiger partial charge in [0.05, 0.1) is 7.11 Å². The fourth-order valence-corrected chi connectivity index (χ4v) is 3.77. The minimum Gasteiger partial charge on any atom is -0.504 e. The highest BCUT2D eigenvalue weighted by Crippen LogP contribution is 2.54. The highest BCUT2D eigenvalue weighted by atomic mass is 16.5. The monoisotopic (exact) mass is 312 g/mol. The van der Waals surface area contributed by atoms with E-state index in [4.69, 9.17) is 4.74 Å². The smallest absolute Gasteiger partial charge is 0.186 e. The molecule has 1 aromatic carbocycles.